The first-order chi connectivity index (χ1) is 9.99. The van der Waals surface area contributed by atoms with Gasteiger partial charge in [0.2, 0.25) is 0 Å². The van der Waals surface area contributed by atoms with Crippen LogP contribution in [0.4, 0.5) is 0 Å². The number of nitrogens with zero attached hydrogens (tertiary/aromatic N) is 1. The van der Waals surface area contributed by atoms with E-state index < -0.39 is 6.04 Å². The Morgan fingerprint density at radius 1 is 1.43 bits per heavy atom. The number of hydrogen-bond acceptors (Lipinski definition) is 4. The van der Waals surface area contributed by atoms with Gasteiger partial charge in [-0.25, -0.2) is 0 Å². The molecule has 2 aromatic rings. The SMILES string of the molecule is CCOC(=O)C(N)Cc1c(C)n(C)c2ccc(OC)cc12. The van der Waals surface area contributed by atoms with Gasteiger partial charge in [0, 0.05) is 30.1 Å². The van der Waals surface area contributed by atoms with E-state index in [1.54, 1.807) is 14.0 Å². The van der Waals surface area contributed by atoms with Crippen molar-refractivity contribution < 1.29 is 14.3 Å². The molecule has 0 radical (unpaired) electrons. The molecule has 1 aromatic heterocycles. The molecule has 0 bridgehead atoms. The molecule has 0 saturated carbocycles. The lowest BCUT2D eigenvalue weighted by molar-refractivity contribution is -0.144. The first kappa shape index (κ1) is 15.4. The fraction of sp³-hybridized carbons (Fsp3) is 0.438. The van der Waals surface area contributed by atoms with Crippen LogP contribution >= 0.6 is 0 Å². The van der Waals surface area contributed by atoms with Gasteiger partial charge in [0.05, 0.1) is 13.7 Å². The maximum absolute atomic E-state index is 11.7. The highest BCUT2D eigenvalue weighted by atomic mass is 16.5. The minimum absolute atomic E-state index is 0.342. The second-order valence-corrected chi connectivity index (χ2v) is 5.07. The van der Waals surface area contributed by atoms with Gasteiger partial charge < -0.3 is 19.8 Å². The molecule has 0 aliphatic heterocycles. The molecular formula is C16H22N2O3. The average molecular weight is 290 g/mol. The number of carbonyl (C=O) groups is 1. The monoisotopic (exact) mass is 290 g/mol. The molecule has 1 unspecified atom stereocenters. The van der Waals surface area contributed by atoms with E-state index >= 15 is 0 Å². The molecule has 0 aliphatic rings. The predicted molar refractivity (Wildman–Crippen MR) is 82.5 cm³/mol. The van der Waals surface area contributed by atoms with Crippen LogP contribution < -0.4 is 10.5 Å². The normalized spacial score (nSPS) is 12.4. The topological polar surface area (TPSA) is 66.5 Å². The van der Waals surface area contributed by atoms with Gasteiger partial charge in [0.1, 0.15) is 11.8 Å². The van der Waals surface area contributed by atoms with Gasteiger partial charge >= 0.3 is 5.97 Å². The number of ether oxygens (including phenoxy) is 2. The Bertz CT molecular complexity index is 661. The first-order valence-corrected chi connectivity index (χ1v) is 7.03. The van der Waals surface area contributed by atoms with Crippen LogP contribution in [0.1, 0.15) is 18.2 Å². The van der Waals surface area contributed by atoms with Crippen LogP contribution in [0.3, 0.4) is 0 Å². The van der Waals surface area contributed by atoms with Gasteiger partial charge in [-0.2, -0.15) is 0 Å². The number of rotatable bonds is 5. The molecule has 0 saturated heterocycles. The lowest BCUT2D eigenvalue weighted by atomic mass is 10.0. The van der Waals surface area contributed by atoms with Gasteiger partial charge in [-0.3, -0.25) is 4.79 Å². The largest absolute Gasteiger partial charge is 0.497 e. The van der Waals surface area contributed by atoms with Crippen molar-refractivity contribution in [3.8, 4) is 5.75 Å². The number of fused-ring (bicyclic) bond motifs is 1. The number of aromatic nitrogens is 1. The van der Waals surface area contributed by atoms with Crippen molar-refractivity contribution in [3.63, 3.8) is 0 Å². The fourth-order valence-corrected chi connectivity index (χ4v) is 2.56. The molecule has 1 heterocycles. The van der Waals surface area contributed by atoms with E-state index in [0.29, 0.717) is 13.0 Å². The Balaban J connectivity index is 2.42. The quantitative estimate of drug-likeness (QED) is 0.854. The smallest absolute Gasteiger partial charge is 0.323 e. The Morgan fingerprint density at radius 3 is 2.76 bits per heavy atom. The third-order valence-corrected chi connectivity index (χ3v) is 3.84. The molecule has 0 aliphatic carbocycles. The maximum Gasteiger partial charge on any atom is 0.323 e. The van der Waals surface area contributed by atoms with Crippen LogP contribution in [0.25, 0.3) is 10.9 Å². The van der Waals surface area contributed by atoms with Gasteiger partial charge in [-0.15, -0.1) is 0 Å². The van der Waals surface area contributed by atoms with E-state index in [4.69, 9.17) is 15.2 Å². The lowest BCUT2D eigenvalue weighted by Gasteiger charge is -2.11. The van der Waals surface area contributed by atoms with Crippen LogP contribution in [-0.2, 0) is 23.0 Å². The van der Waals surface area contributed by atoms with Crippen molar-refractivity contribution in [1.29, 1.82) is 0 Å². The van der Waals surface area contributed by atoms with E-state index in [9.17, 15) is 4.79 Å². The van der Waals surface area contributed by atoms with Crippen molar-refractivity contribution in [3.05, 3.63) is 29.5 Å². The highest BCUT2D eigenvalue weighted by Crippen LogP contribution is 2.29. The van der Waals surface area contributed by atoms with Gasteiger partial charge in [0.15, 0.2) is 0 Å². The molecular weight excluding hydrogens is 268 g/mol. The number of hydrogen-bond donors (Lipinski definition) is 1. The van der Waals surface area contributed by atoms with E-state index in [-0.39, 0.29) is 5.97 Å². The number of benzene rings is 1. The van der Waals surface area contributed by atoms with E-state index in [2.05, 4.69) is 4.57 Å². The van der Waals surface area contributed by atoms with Crippen LogP contribution in [0.2, 0.25) is 0 Å². The van der Waals surface area contributed by atoms with Gasteiger partial charge in [-0.1, -0.05) is 0 Å². The molecule has 1 aromatic carbocycles. The Labute approximate surface area is 124 Å². The minimum atomic E-state index is -0.652. The summed E-state index contributed by atoms with van der Waals surface area (Å²) in [5, 5.41) is 1.06. The van der Waals surface area contributed by atoms with E-state index in [0.717, 1.165) is 27.9 Å². The molecule has 2 rings (SSSR count). The number of methoxy groups -OCH3 is 1. The molecule has 21 heavy (non-hydrogen) atoms. The molecule has 0 spiro atoms. The summed E-state index contributed by atoms with van der Waals surface area (Å²) in [7, 11) is 3.64. The van der Waals surface area contributed by atoms with Crippen molar-refractivity contribution in [2.24, 2.45) is 12.8 Å². The number of aryl methyl sites for hydroxylation is 1. The second-order valence-electron chi connectivity index (χ2n) is 5.07. The van der Waals surface area contributed by atoms with Crippen molar-refractivity contribution in [1.82, 2.24) is 4.57 Å². The molecule has 2 N–H and O–H groups in total. The summed E-state index contributed by atoms with van der Waals surface area (Å²) < 4.78 is 12.4. The highest BCUT2D eigenvalue weighted by Gasteiger charge is 2.20. The summed E-state index contributed by atoms with van der Waals surface area (Å²) in [6, 6.07) is 5.27. The molecule has 0 amide bonds. The zero-order valence-electron chi connectivity index (χ0n) is 13.0. The fourth-order valence-electron chi connectivity index (χ4n) is 2.56. The first-order valence-electron chi connectivity index (χ1n) is 7.03. The summed E-state index contributed by atoms with van der Waals surface area (Å²) in [4.78, 5) is 11.7. The van der Waals surface area contributed by atoms with E-state index in [1.807, 2.05) is 32.2 Å². The predicted octanol–water partition coefficient (Wildman–Crippen LogP) is 1.93. The number of carbonyl (C=O) groups excluding carboxylic acids is 1. The average Bonchev–Trinajstić information content (AvgIpc) is 2.72. The molecule has 5 nitrogen and oxygen atoms in total. The van der Waals surface area contributed by atoms with Crippen LogP contribution in [0, 0.1) is 6.92 Å². The molecule has 5 heteroatoms. The minimum Gasteiger partial charge on any atom is -0.497 e. The van der Waals surface area contributed by atoms with Crippen molar-refractivity contribution in [2.75, 3.05) is 13.7 Å². The van der Waals surface area contributed by atoms with Crippen LogP contribution in [-0.4, -0.2) is 30.3 Å². The summed E-state index contributed by atoms with van der Waals surface area (Å²) in [5.74, 6) is 0.427. The van der Waals surface area contributed by atoms with Gasteiger partial charge in [-0.05, 0) is 37.6 Å². The van der Waals surface area contributed by atoms with Gasteiger partial charge in [0.25, 0.3) is 0 Å². The highest BCUT2D eigenvalue weighted by molar-refractivity contribution is 5.88. The van der Waals surface area contributed by atoms with Crippen molar-refractivity contribution >= 4 is 16.9 Å². The Hall–Kier alpha value is -2.01. The molecule has 1 atom stereocenters. The van der Waals surface area contributed by atoms with Crippen LogP contribution in [0.15, 0.2) is 18.2 Å². The maximum atomic E-state index is 11.7. The van der Waals surface area contributed by atoms with Crippen molar-refractivity contribution in [2.45, 2.75) is 26.3 Å². The zero-order chi connectivity index (χ0) is 15.6. The summed E-state index contributed by atoms with van der Waals surface area (Å²) in [5.41, 5.74) is 9.21. The second kappa shape index (κ2) is 6.18. The summed E-state index contributed by atoms with van der Waals surface area (Å²) in [6.07, 6.45) is 0.454. The molecule has 0 fully saturated rings. The van der Waals surface area contributed by atoms with Crippen LogP contribution in [0.5, 0.6) is 5.75 Å². The standard InChI is InChI=1S/C16H22N2O3/c1-5-21-16(19)14(17)9-12-10(2)18(3)15-7-6-11(20-4)8-13(12)15/h6-8,14H,5,9,17H2,1-4H3. The summed E-state index contributed by atoms with van der Waals surface area (Å²) in [6.45, 7) is 4.15. The lowest BCUT2D eigenvalue weighted by Crippen LogP contribution is -2.34. The Morgan fingerprint density at radius 2 is 2.14 bits per heavy atom. The third-order valence-electron chi connectivity index (χ3n) is 3.84. The zero-order valence-corrected chi connectivity index (χ0v) is 13.0. The molecule has 114 valence electrons. The third kappa shape index (κ3) is 2.88. The summed E-state index contributed by atoms with van der Waals surface area (Å²) >= 11 is 0. The number of nitrogens with two attached hydrogens (primary N) is 1. The Kier molecular flexibility index (Phi) is 4.53. The van der Waals surface area contributed by atoms with E-state index in [1.165, 1.54) is 0 Å². The number of esters is 1.